The van der Waals surface area contributed by atoms with Crippen molar-refractivity contribution in [3.8, 4) is 0 Å². The van der Waals surface area contributed by atoms with Gasteiger partial charge in [-0.2, -0.15) is 0 Å². The number of rotatable bonds is 3. The average Bonchev–Trinajstić information content (AvgIpc) is 1.80. The Morgan fingerprint density at radius 2 is 1.36 bits per heavy atom. The zero-order chi connectivity index (χ0) is 12.0. The second kappa shape index (κ2) is 6.26. The predicted octanol–water partition coefficient (Wildman–Crippen LogP) is -0.758. The average molecular weight is 251 g/mol. The number of carboxylic acid groups (broad SMARTS) is 1. The monoisotopic (exact) mass is 251 g/mol. The number of aliphatic carboxylic acids is 1. The van der Waals surface area contributed by atoms with Crippen LogP contribution in [0, 0.1) is 0 Å². The molecule has 11 heteroatoms. The molecular formula is C3H11NO8P2. The third-order valence-electron chi connectivity index (χ3n) is 0.563. The molecule has 6 N–H and O–H groups in total. The summed E-state index contributed by atoms with van der Waals surface area (Å²) in [5.74, 6) is -0.745. The van der Waals surface area contributed by atoms with Crippen LogP contribution in [0.3, 0.4) is 0 Å². The molecule has 0 unspecified atom stereocenters. The molecule has 14 heavy (non-hydrogen) atoms. The lowest BCUT2D eigenvalue weighted by Gasteiger charge is -2.05. The summed E-state index contributed by atoms with van der Waals surface area (Å²) in [7, 11) is -9.60. The first-order chi connectivity index (χ1) is 5.98. The van der Waals surface area contributed by atoms with Crippen molar-refractivity contribution in [2.24, 2.45) is 0 Å². The van der Waals surface area contributed by atoms with Gasteiger partial charge >= 0.3 is 21.5 Å². The van der Waals surface area contributed by atoms with Crippen LogP contribution in [-0.4, -0.2) is 30.6 Å². The van der Waals surface area contributed by atoms with Gasteiger partial charge in [0, 0.05) is 6.42 Å². The SMILES string of the molecule is CCC(=O)O.O=P(O)(O)NP(=O)(O)O. The molecule has 9 nitrogen and oxygen atoms in total. The zero-order valence-corrected chi connectivity index (χ0v) is 8.85. The Balaban J connectivity index is 0. The molecule has 0 aromatic heterocycles. The van der Waals surface area contributed by atoms with Crippen molar-refractivity contribution in [1.29, 1.82) is 0 Å². The maximum Gasteiger partial charge on any atom is 0.409 e. The van der Waals surface area contributed by atoms with Gasteiger partial charge in [-0.15, -0.1) is 4.86 Å². The van der Waals surface area contributed by atoms with E-state index in [1.54, 1.807) is 6.92 Å². The largest absolute Gasteiger partial charge is 0.481 e. The summed E-state index contributed by atoms with van der Waals surface area (Å²) in [4.78, 5) is 41.6. The maximum atomic E-state index is 9.74. The Morgan fingerprint density at radius 3 is 1.36 bits per heavy atom. The molecule has 0 aromatic carbocycles. The van der Waals surface area contributed by atoms with Gasteiger partial charge in [0.2, 0.25) is 0 Å². The van der Waals surface area contributed by atoms with Crippen molar-refractivity contribution in [3.05, 3.63) is 0 Å². The molecule has 0 heterocycles. The van der Waals surface area contributed by atoms with Crippen LogP contribution in [0.2, 0.25) is 0 Å². The molecule has 0 amide bonds. The molecule has 0 aliphatic carbocycles. The Morgan fingerprint density at radius 1 is 1.14 bits per heavy atom. The summed E-state index contributed by atoms with van der Waals surface area (Å²) in [6, 6.07) is 0. The van der Waals surface area contributed by atoms with E-state index in [1.807, 2.05) is 0 Å². The van der Waals surface area contributed by atoms with Gasteiger partial charge in [0.15, 0.2) is 0 Å². The third kappa shape index (κ3) is 22.6. The van der Waals surface area contributed by atoms with Crippen LogP contribution in [0.4, 0.5) is 0 Å². The van der Waals surface area contributed by atoms with Crippen LogP contribution >= 0.6 is 15.5 Å². The molecule has 0 aliphatic heterocycles. The normalized spacial score (nSPS) is 11.5. The van der Waals surface area contributed by atoms with E-state index in [1.165, 1.54) is 0 Å². The maximum absolute atomic E-state index is 9.74. The first-order valence-corrected chi connectivity index (χ1v) is 6.33. The highest BCUT2D eigenvalue weighted by Gasteiger charge is 2.24. The quantitative estimate of drug-likeness (QED) is 0.353. The Hall–Kier alpha value is -0.270. The van der Waals surface area contributed by atoms with Crippen LogP contribution in [-0.2, 0) is 13.9 Å². The topological polar surface area (TPSA) is 164 Å². The molecule has 0 saturated heterocycles. The van der Waals surface area contributed by atoms with Gasteiger partial charge in [-0.05, 0) is 0 Å². The zero-order valence-electron chi connectivity index (χ0n) is 7.06. The van der Waals surface area contributed by atoms with E-state index < -0.39 is 21.5 Å². The van der Waals surface area contributed by atoms with Crippen LogP contribution in [0.15, 0.2) is 0 Å². The minimum atomic E-state index is -4.80. The molecular weight excluding hydrogens is 240 g/mol. The van der Waals surface area contributed by atoms with E-state index in [4.69, 9.17) is 24.7 Å². The Kier molecular flexibility index (Phi) is 7.23. The lowest BCUT2D eigenvalue weighted by molar-refractivity contribution is -0.136. The lowest BCUT2D eigenvalue weighted by atomic mass is 10.5. The summed E-state index contributed by atoms with van der Waals surface area (Å²) in [6.45, 7) is 1.60. The van der Waals surface area contributed by atoms with E-state index in [0.717, 1.165) is 4.86 Å². The first kappa shape index (κ1) is 16.2. The van der Waals surface area contributed by atoms with E-state index in [9.17, 15) is 13.9 Å². The van der Waals surface area contributed by atoms with E-state index >= 15 is 0 Å². The minimum absolute atomic E-state index is 0.222. The number of nitrogens with one attached hydrogen (secondary N) is 1. The third-order valence-corrected chi connectivity index (χ3v) is 2.65. The Bertz CT molecular complexity index is 244. The number of hydrogen-bond acceptors (Lipinski definition) is 3. The van der Waals surface area contributed by atoms with Crippen LogP contribution in [0.5, 0.6) is 0 Å². The molecule has 0 fully saturated rings. The molecule has 0 radical (unpaired) electrons. The molecule has 86 valence electrons. The fraction of sp³-hybridized carbons (Fsp3) is 0.667. The van der Waals surface area contributed by atoms with Crippen LogP contribution in [0.25, 0.3) is 0 Å². The van der Waals surface area contributed by atoms with Crippen molar-refractivity contribution in [2.75, 3.05) is 0 Å². The van der Waals surface area contributed by atoms with Crippen molar-refractivity contribution < 1.29 is 38.6 Å². The highest BCUT2D eigenvalue weighted by molar-refractivity contribution is 7.65. The minimum Gasteiger partial charge on any atom is -0.481 e. The lowest BCUT2D eigenvalue weighted by Crippen LogP contribution is -2.04. The Labute approximate surface area is 79.2 Å². The van der Waals surface area contributed by atoms with Crippen molar-refractivity contribution in [2.45, 2.75) is 13.3 Å². The smallest absolute Gasteiger partial charge is 0.409 e. The highest BCUT2D eigenvalue weighted by Crippen LogP contribution is 2.43. The predicted molar refractivity (Wildman–Crippen MR) is 45.2 cm³/mol. The molecule has 0 atom stereocenters. The summed E-state index contributed by atoms with van der Waals surface area (Å²) in [5, 5.41) is 7.72. The van der Waals surface area contributed by atoms with Gasteiger partial charge in [-0.1, -0.05) is 6.92 Å². The van der Waals surface area contributed by atoms with Gasteiger partial charge in [-0.25, -0.2) is 9.13 Å². The van der Waals surface area contributed by atoms with E-state index in [-0.39, 0.29) is 6.42 Å². The summed E-state index contributed by atoms with van der Waals surface area (Å²) in [6.07, 6.45) is 0.222. The number of carbonyl (C=O) groups is 1. The molecule has 0 spiro atoms. The second-order valence-electron chi connectivity index (χ2n) is 1.94. The summed E-state index contributed by atoms with van der Waals surface area (Å²) < 4.78 is 19.5. The highest BCUT2D eigenvalue weighted by atomic mass is 31.3. The van der Waals surface area contributed by atoms with E-state index in [0.29, 0.717) is 0 Å². The molecule has 0 aromatic rings. The van der Waals surface area contributed by atoms with E-state index in [2.05, 4.69) is 0 Å². The van der Waals surface area contributed by atoms with Gasteiger partial charge < -0.3 is 24.7 Å². The molecule has 0 bridgehead atoms. The van der Waals surface area contributed by atoms with Crippen molar-refractivity contribution in [3.63, 3.8) is 0 Å². The molecule has 0 saturated carbocycles. The van der Waals surface area contributed by atoms with Crippen LogP contribution < -0.4 is 4.86 Å². The van der Waals surface area contributed by atoms with Gasteiger partial charge in [0.1, 0.15) is 0 Å². The fourth-order valence-corrected chi connectivity index (χ4v) is 1.53. The van der Waals surface area contributed by atoms with Crippen molar-refractivity contribution >= 4 is 21.5 Å². The summed E-state index contributed by atoms with van der Waals surface area (Å²) in [5.41, 5.74) is 0. The number of hydrogen-bond donors (Lipinski definition) is 6. The van der Waals surface area contributed by atoms with Crippen LogP contribution in [0.1, 0.15) is 13.3 Å². The standard InChI is InChI=1S/C3H6O2.H5NO6P2/c1-2-3(4)5;2-8(3,4)1-9(5,6)7/h2H2,1H3,(H,4,5);(H5,1,2,3,4,5,6,7). The summed E-state index contributed by atoms with van der Waals surface area (Å²) >= 11 is 0. The van der Waals surface area contributed by atoms with Gasteiger partial charge in [-0.3, -0.25) is 4.79 Å². The molecule has 0 rings (SSSR count). The second-order valence-corrected chi connectivity index (χ2v) is 4.91. The molecule has 0 aliphatic rings. The number of carboxylic acids is 1. The fourth-order valence-electron chi connectivity index (χ4n) is 0.170. The van der Waals surface area contributed by atoms with Gasteiger partial charge in [0.25, 0.3) is 0 Å². The van der Waals surface area contributed by atoms with Gasteiger partial charge in [0.05, 0.1) is 0 Å². The van der Waals surface area contributed by atoms with Crippen molar-refractivity contribution in [1.82, 2.24) is 4.86 Å². The first-order valence-electron chi connectivity index (χ1n) is 3.10.